The van der Waals surface area contributed by atoms with Crippen LogP contribution in [0.25, 0.3) is 43.1 Å². The van der Waals surface area contributed by atoms with E-state index in [0.29, 0.717) is 59.0 Å². The monoisotopic (exact) mass is 552 g/mol. The summed E-state index contributed by atoms with van der Waals surface area (Å²) in [5.74, 6) is -1.11. The number of imide groups is 2. The molecule has 2 aliphatic heterocycles. The second-order valence-electron chi connectivity index (χ2n) is 9.79. The van der Waals surface area contributed by atoms with Gasteiger partial charge in [-0.15, -0.1) is 0 Å². The van der Waals surface area contributed by atoms with Crippen molar-refractivity contribution in [3.05, 3.63) is 69.2 Å². The van der Waals surface area contributed by atoms with Gasteiger partial charge in [0.25, 0.3) is 23.6 Å². The fourth-order valence-electron chi connectivity index (χ4n) is 6.27. The van der Waals surface area contributed by atoms with E-state index in [4.69, 9.17) is 0 Å². The van der Waals surface area contributed by atoms with Gasteiger partial charge < -0.3 is 0 Å². The molecule has 0 spiro atoms. The minimum atomic E-state index is -0.285. The molecule has 0 aliphatic carbocycles. The van der Waals surface area contributed by atoms with E-state index in [1.165, 1.54) is 9.80 Å². The van der Waals surface area contributed by atoms with Crippen molar-refractivity contribution in [2.24, 2.45) is 0 Å². The molecule has 2 heterocycles. The number of nitrogens with zero attached hydrogens (tertiary/aromatic N) is 2. The third-order valence-corrected chi connectivity index (χ3v) is 8.38. The molecule has 37 heavy (non-hydrogen) atoms. The van der Waals surface area contributed by atoms with Gasteiger partial charge in [0.1, 0.15) is 0 Å². The quantitative estimate of drug-likeness (QED) is 0.145. The first-order valence-electron chi connectivity index (χ1n) is 12.5. The molecular weight excluding hydrogens is 532 g/mol. The Balaban J connectivity index is 1.66. The highest BCUT2D eigenvalue weighted by Gasteiger charge is 2.36. The van der Waals surface area contributed by atoms with Crippen LogP contribution in [0.4, 0.5) is 0 Å². The minimum absolute atomic E-state index is 0.273. The van der Waals surface area contributed by atoms with Gasteiger partial charge in [-0.3, -0.25) is 29.0 Å². The lowest BCUT2D eigenvalue weighted by molar-refractivity contribution is 0.0595. The number of hydrogen-bond donors (Lipinski definition) is 0. The Morgan fingerprint density at radius 2 is 0.973 bits per heavy atom. The summed E-state index contributed by atoms with van der Waals surface area (Å²) in [6.45, 7) is 4.63. The van der Waals surface area contributed by atoms with Gasteiger partial charge in [-0.1, -0.05) is 48.0 Å². The first-order valence-corrected chi connectivity index (χ1v) is 13.3. The number of carbonyl (C=O) groups is 4. The molecule has 6 nitrogen and oxygen atoms in total. The zero-order valence-corrected chi connectivity index (χ0v) is 21.9. The smallest absolute Gasteiger partial charge is 0.261 e. The summed E-state index contributed by atoms with van der Waals surface area (Å²) >= 11 is 3.73. The van der Waals surface area contributed by atoms with Crippen molar-refractivity contribution >= 4 is 82.6 Å². The average Bonchev–Trinajstić information content (AvgIpc) is 2.90. The van der Waals surface area contributed by atoms with Crippen molar-refractivity contribution in [2.45, 2.75) is 26.7 Å². The van der Waals surface area contributed by atoms with Crippen molar-refractivity contribution < 1.29 is 19.2 Å². The Kier molecular flexibility index (Phi) is 4.59. The van der Waals surface area contributed by atoms with Crippen molar-refractivity contribution in [3.63, 3.8) is 0 Å². The molecule has 4 amide bonds. The van der Waals surface area contributed by atoms with E-state index in [2.05, 4.69) is 15.9 Å². The number of rotatable bonds is 4. The average molecular weight is 553 g/mol. The van der Waals surface area contributed by atoms with E-state index in [1.54, 1.807) is 18.2 Å². The van der Waals surface area contributed by atoms with Crippen LogP contribution in [-0.2, 0) is 0 Å². The third kappa shape index (κ3) is 2.65. The van der Waals surface area contributed by atoms with Gasteiger partial charge in [-0.05, 0) is 58.7 Å². The summed E-state index contributed by atoms with van der Waals surface area (Å²) in [6, 6.07) is 13.0. The number of fused-ring (bicyclic) bond motifs is 2. The summed E-state index contributed by atoms with van der Waals surface area (Å²) < 4.78 is 0.736. The largest absolute Gasteiger partial charge is 0.274 e. The van der Waals surface area contributed by atoms with E-state index < -0.39 is 0 Å². The number of carbonyl (C=O) groups excluding carboxylic acids is 4. The fourth-order valence-corrected chi connectivity index (χ4v) is 6.91. The van der Waals surface area contributed by atoms with E-state index >= 15 is 0 Å². The molecule has 0 atom stereocenters. The van der Waals surface area contributed by atoms with Gasteiger partial charge >= 0.3 is 0 Å². The molecular formula is C30H21BrN2O4. The normalized spacial score (nSPS) is 15.4. The molecule has 7 rings (SSSR count). The van der Waals surface area contributed by atoms with Crippen LogP contribution in [0.1, 0.15) is 68.1 Å². The van der Waals surface area contributed by atoms with E-state index in [1.807, 2.05) is 38.1 Å². The lowest BCUT2D eigenvalue weighted by Crippen LogP contribution is -2.41. The summed E-state index contributed by atoms with van der Waals surface area (Å²) in [7, 11) is 0. The molecule has 0 saturated heterocycles. The highest BCUT2D eigenvalue weighted by atomic mass is 79.9. The molecule has 5 aromatic rings. The van der Waals surface area contributed by atoms with Crippen LogP contribution < -0.4 is 0 Å². The second kappa shape index (κ2) is 7.59. The van der Waals surface area contributed by atoms with Gasteiger partial charge in [0.2, 0.25) is 0 Å². The minimum Gasteiger partial charge on any atom is -0.274 e. The predicted molar refractivity (Wildman–Crippen MR) is 147 cm³/mol. The molecule has 0 fully saturated rings. The van der Waals surface area contributed by atoms with Crippen LogP contribution in [0.15, 0.2) is 46.9 Å². The Labute approximate surface area is 220 Å². The SMILES string of the molecule is CCCN1C(=O)c2ccc3c4ccc5c6c(cc(Br)c(c7ccc(c2c37)C1=O)c64)C(=O)N(CCC)C5=O. The molecule has 0 aromatic heterocycles. The Morgan fingerprint density at radius 3 is 1.49 bits per heavy atom. The molecule has 0 N–H and O–H groups in total. The maximum Gasteiger partial charge on any atom is 0.261 e. The third-order valence-electron chi connectivity index (χ3n) is 7.75. The van der Waals surface area contributed by atoms with Crippen molar-refractivity contribution in [3.8, 4) is 0 Å². The molecule has 7 heteroatoms. The Hall–Kier alpha value is -3.84. The fraction of sp³-hybridized carbons (Fsp3) is 0.200. The summed E-state index contributed by atoms with van der Waals surface area (Å²) in [6.07, 6.45) is 1.37. The van der Waals surface area contributed by atoms with Crippen molar-refractivity contribution in [1.82, 2.24) is 9.80 Å². The van der Waals surface area contributed by atoms with Crippen molar-refractivity contribution in [1.29, 1.82) is 0 Å². The highest BCUT2D eigenvalue weighted by molar-refractivity contribution is 9.10. The van der Waals surface area contributed by atoms with E-state index in [-0.39, 0.29) is 23.6 Å². The lowest BCUT2D eigenvalue weighted by Gasteiger charge is -2.30. The number of benzene rings is 5. The van der Waals surface area contributed by atoms with Crippen molar-refractivity contribution in [2.75, 3.05) is 13.1 Å². The Morgan fingerprint density at radius 1 is 0.541 bits per heavy atom. The molecule has 5 aromatic carbocycles. The second-order valence-corrected chi connectivity index (χ2v) is 10.6. The molecule has 0 radical (unpaired) electrons. The van der Waals surface area contributed by atoms with E-state index in [9.17, 15) is 19.2 Å². The van der Waals surface area contributed by atoms with Gasteiger partial charge in [-0.25, -0.2) is 0 Å². The maximum absolute atomic E-state index is 13.4. The van der Waals surface area contributed by atoms with Gasteiger partial charge in [0.05, 0.1) is 0 Å². The molecule has 182 valence electrons. The number of halogens is 1. The van der Waals surface area contributed by atoms with Crippen LogP contribution in [0, 0.1) is 0 Å². The summed E-state index contributed by atoms with van der Waals surface area (Å²) in [4.78, 5) is 56.1. The molecule has 2 aliphatic rings. The Bertz CT molecular complexity index is 1890. The lowest BCUT2D eigenvalue weighted by atomic mass is 9.82. The molecule has 0 saturated carbocycles. The highest BCUT2D eigenvalue weighted by Crippen LogP contribution is 2.48. The van der Waals surface area contributed by atoms with Gasteiger partial charge in [0, 0.05) is 61.4 Å². The molecule has 0 unspecified atom stereocenters. The number of hydrogen-bond acceptors (Lipinski definition) is 4. The van der Waals surface area contributed by atoms with Gasteiger partial charge in [-0.2, -0.15) is 0 Å². The van der Waals surface area contributed by atoms with Crippen LogP contribution in [-0.4, -0.2) is 46.5 Å². The van der Waals surface area contributed by atoms with Gasteiger partial charge in [0.15, 0.2) is 0 Å². The van der Waals surface area contributed by atoms with Crippen LogP contribution in [0.5, 0.6) is 0 Å². The maximum atomic E-state index is 13.4. The zero-order valence-electron chi connectivity index (χ0n) is 20.3. The summed E-state index contributed by atoms with van der Waals surface area (Å²) in [5, 5.41) is 6.54. The summed E-state index contributed by atoms with van der Waals surface area (Å²) in [5.41, 5.74) is 2.07. The van der Waals surface area contributed by atoms with E-state index in [0.717, 1.165) is 36.8 Å². The first kappa shape index (κ1) is 22.4. The topological polar surface area (TPSA) is 74.8 Å². The predicted octanol–water partition coefficient (Wildman–Crippen LogP) is 6.51. The zero-order chi connectivity index (χ0) is 25.7. The standard InChI is InChI=1S/C30H21BrN2O4/c1-3-11-32-27(34)17-8-5-14-15-6-9-19-24-20(30(37)33(12-4-2)29(19)36)13-21(31)25(26(15)24)16-7-10-18(28(32)35)23(17)22(14)16/h5-10,13H,3-4,11-12H2,1-2H3. The number of amides is 4. The molecule has 0 bridgehead atoms. The van der Waals surface area contributed by atoms with Crippen LogP contribution >= 0.6 is 15.9 Å². The van der Waals surface area contributed by atoms with Crippen LogP contribution in [0.3, 0.4) is 0 Å². The van der Waals surface area contributed by atoms with Crippen LogP contribution in [0.2, 0.25) is 0 Å². The first-order chi connectivity index (χ1) is 17.9.